The third-order valence-electron chi connectivity index (χ3n) is 4.94. The number of methoxy groups -OCH3 is 1. The highest BCUT2D eigenvalue weighted by Crippen LogP contribution is 2.42. The van der Waals surface area contributed by atoms with Gasteiger partial charge in [0.25, 0.3) is 5.91 Å². The number of carbonyl (C=O) groups excluding carboxylic acids is 1. The van der Waals surface area contributed by atoms with Gasteiger partial charge in [0.15, 0.2) is 0 Å². The number of nitrogens with zero attached hydrogens (tertiary/aromatic N) is 3. The lowest BCUT2D eigenvalue weighted by molar-refractivity contribution is -0.162. The van der Waals surface area contributed by atoms with Gasteiger partial charge in [0, 0.05) is 29.9 Å². The first-order valence-electron chi connectivity index (χ1n) is 9.31. The van der Waals surface area contributed by atoms with Gasteiger partial charge in [-0.25, -0.2) is 9.37 Å². The van der Waals surface area contributed by atoms with Crippen molar-refractivity contribution in [2.45, 2.75) is 18.8 Å². The zero-order valence-electron chi connectivity index (χ0n) is 17.1. The highest BCUT2D eigenvalue weighted by Gasteiger charge is 2.45. The largest absolute Gasteiger partial charge is 0.481 e. The van der Waals surface area contributed by atoms with Gasteiger partial charge in [-0.3, -0.25) is 9.78 Å². The highest BCUT2D eigenvalue weighted by molar-refractivity contribution is 6.07. The van der Waals surface area contributed by atoms with Crippen molar-refractivity contribution in [2.24, 2.45) is 5.92 Å². The van der Waals surface area contributed by atoms with Crippen LogP contribution in [0.4, 0.5) is 36.4 Å². The highest BCUT2D eigenvalue weighted by atomic mass is 19.4. The van der Waals surface area contributed by atoms with E-state index in [9.17, 15) is 35.5 Å². The second kappa shape index (κ2) is 8.83. The van der Waals surface area contributed by atoms with E-state index in [2.05, 4.69) is 9.97 Å². The fraction of sp³-hybridized carbons (Fsp3) is 0.286. The Labute approximate surface area is 183 Å². The van der Waals surface area contributed by atoms with E-state index in [-0.39, 0.29) is 28.8 Å². The van der Waals surface area contributed by atoms with Crippen LogP contribution in [-0.2, 0) is 4.79 Å². The number of likely N-dealkylation sites (N-methyl/N-ethyl adjacent to an activating group) is 1. The summed E-state index contributed by atoms with van der Waals surface area (Å²) in [7, 11) is 2.44. The first-order valence-corrected chi connectivity index (χ1v) is 9.31. The maximum Gasteiger partial charge on any atom is 0.416 e. The molecule has 1 aliphatic carbocycles. The van der Waals surface area contributed by atoms with Crippen molar-refractivity contribution in [3.8, 4) is 17.0 Å². The molecule has 3 rings (SSSR count). The van der Waals surface area contributed by atoms with Gasteiger partial charge >= 0.3 is 12.4 Å². The van der Waals surface area contributed by atoms with E-state index in [0.29, 0.717) is 6.08 Å². The molecular weight excluding hydrogens is 459 g/mol. The third kappa shape index (κ3) is 5.15. The minimum absolute atomic E-state index is 0.000713. The van der Waals surface area contributed by atoms with E-state index in [0.717, 1.165) is 24.2 Å². The molecule has 0 N–H and O–H groups in total. The zero-order valence-corrected chi connectivity index (χ0v) is 17.1. The number of halogens is 7. The summed E-state index contributed by atoms with van der Waals surface area (Å²) in [6.45, 7) is 0. The van der Waals surface area contributed by atoms with E-state index < -0.39 is 47.6 Å². The van der Waals surface area contributed by atoms with E-state index in [1.54, 1.807) is 0 Å². The lowest BCUT2D eigenvalue weighted by Gasteiger charge is -2.27. The molecule has 1 atom stereocenters. The molecular formula is C21H16F7N3O2. The van der Waals surface area contributed by atoms with E-state index in [4.69, 9.17) is 4.74 Å². The number of aromatic nitrogens is 2. The lowest BCUT2D eigenvalue weighted by atomic mass is 9.88. The summed E-state index contributed by atoms with van der Waals surface area (Å²) in [5.74, 6) is -4.32. The topological polar surface area (TPSA) is 55.3 Å². The fourth-order valence-electron chi connectivity index (χ4n) is 3.33. The van der Waals surface area contributed by atoms with Crippen LogP contribution in [-0.4, -0.2) is 42.4 Å². The standard InChI is InChI=1S/C21H16F7N3O2/c1-31(17-10-29-4-3-15(17)16-8-14(22)9-30-18(16)33-2)19(32)11-5-12(20(23,24)25)7-13(6-11)21(26,27)28/h3-5,7-10,13H,6H2,1-2H3. The molecule has 0 bridgehead atoms. The number of rotatable bonds is 4. The molecule has 0 spiro atoms. The van der Waals surface area contributed by atoms with Crippen molar-refractivity contribution < 1.29 is 40.3 Å². The molecule has 0 radical (unpaired) electrons. The maximum atomic E-state index is 13.8. The molecule has 12 heteroatoms. The maximum absolute atomic E-state index is 13.8. The van der Waals surface area contributed by atoms with Gasteiger partial charge in [-0.2, -0.15) is 26.3 Å². The van der Waals surface area contributed by atoms with Gasteiger partial charge in [0.1, 0.15) is 5.82 Å². The number of hydrogen-bond acceptors (Lipinski definition) is 4. The number of alkyl halides is 6. The summed E-state index contributed by atoms with van der Waals surface area (Å²) < 4.78 is 98.2. The van der Waals surface area contributed by atoms with Crippen LogP contribution in [0.3, 0.4) is 0 Å². The molecule has 0 saturated carbocycles. The van der Waals surface area contributed by atoms with Crippen molar-refractivity contribution >= 4 is 11.6 Å². The van der Waals surface area contributed by atoms with Crippen LogP contribution in [0.1, 0.15) is 6.42 Å². The van der Waals surface area contributed by atoms with Crippen LogP contribution in [0.2, 0.25) is 0 Å². The second-order valence-corrected chi connectivity index (χ2v) is 7.11. The molecule has 1 aliphatic rings. The Balaban J connectivity index is 2.05. The average molecular weight is 475 g/mol. The minimum Gasteiger partial charge on any atom is -0.481 e. The summed E-state index contributed by atoms with van der Waals surface area (Å²) in [5, 5.41) is 0. The number of carbonyl (C=O) groups is 1. The quantitative estimate of drug-likeness (QED) is 0.567. The van der Waals surface area contributed by atoms with Crippen LogP contribution >= 0.6 is 0 Å². The summed E-state index contributed by atoms with van der Waals surface area (Å²) in [4.78, 5) is 21.5. The first-order chi connectivity index (χ1) is 15.3. The van der Waals surface area contributed by atoms with Gasteiger partial charge in [-0.15, -0.1) is 0 Å². The molecule has 1 unspecified atom stereocenters. The van der Waals surface area contributed by atoms with Gasteiger partial charge < -0.3 is 9.64 Å². The molecule has 1 amide bonds. The number of ether oxygens (including phenoxy) is 1. The van der Waals surface area contributed by atoms with E-state index in [1.807, 2.05) is 0 Å². The minimum atomic E-state index is -5.08. The first kappa shape index (κ1) is 24.2. The number of anilines is 1. The molecule has 0 aliphatic heterocycles. The molecule has 0 saturated heterocycles. The Bertz CT molecular complexity index is 1120. The summed E-state index contributed by atoms with van der Waals surface area (Å²) in [5.41, 5.74) is -1.96. The molecule has 2 heterocycles. The number of amides is 1. The molecule has 0 aromatic carbocycles. The zero-order chi connectivity index (χ0) is 24.6. The van der Waals surface area contributed by atoms with Crippen molar-refractivity contribution in [1.29, 1.82) is 0 Å². The van der Waals surface area contributed by atoms with Crippen LogP contribution in [0.25, 0.3) is 11.1 Å². The van der Waals surface area contributed by atoms with Crippen molar-refractivity contribution in [3.63, 3.8) is 0 Å². The Kier molecular flexibility index (Phi) is 6.48. The molecule has 2 aromatic heterocycles. The Morgan fingerprint density at radius 2 is 1.85 bits per heavy atom. The van der Waals surface area contributed by atoms with E-state index >= 15 is 0 Å². The molecule has 2 aromatic rings. The average Bonchev–Trinajstić information content (AvgIpc) is 2.76. The third-order valence-corrected chi connectivity index (χ3v) is 4.94. The van der Waals surface area contributed by atoms with Crippen molar-refractivity contribution in [2.75, 3.05) is 19.1 Å². The monoisotopic (exact) mass is 475 g/mol. The molecule has 5 nitrogen and oxygen atoms in total. The van der Waals surface area contributed by atoms with E-state index in [1.165, 1.54) is 25.6 Å². The van der Waals surface area contributed by atoms with Crippen LogP contribution in [0, 0.1) is 11.7 Å². The Morgan fingerprint density at radius 1 is 1.15 bits per heavy atom. The normalized spacial score (nSPS) is 16.7. The molecule has 33 heavy (non-hydrogen) atoms. The van der Waals surface area contributed by atoms with Crippen LogP contribution in [0.5, 0.6) is 5.88 Å². The Hall–Kier alpha value is -3.44. The predicted octanol–water partition coefficient (Wildman–Crippen LogP) is 5.25. The van der Waals surface area contributed by atoms with Gasteiger partial charge in [0.05, 0.1) is 36.7 Å². The number of pyridine rings is 2. The Morgan fingerprint density at radius 3 is 2.45 bits per heavy atom. The second-order valence-electron chi connectivity index (χ2n) is 7.11. The fourth-order valence-corrected chi connectivity index (χ4v) is 3.33. The van der Waals surface area contributed by atoms with Crippen molar-refractivity contribution in [1.82, 2.24) is 9.97 Å². The number of allylic oxidation sites excluding steroid dienone is 3. The number of hydrogen-bond donors (Lipinski definition) is 0. The van der Waals surface area contributed by atoms with Crippen molar-refractivity contribution in [3.05, 3.63) is 59.8 Å². The predicted molar refractivity (Wildman–Crippen MR) is 104 cm³/mol. The SMILES string of the molecule is COc1ncc(F)cc1-c1ccncc1N(C)C(=O)C1=CC(C(F)(F)F)=CC(C(F)(F)F)C1. The summed E-state index contributed by atoms with van der Waals surface area (Å²) in [6.07, 6.45) is -7.17. The smallest absolute Gasteiger partial charge is 0.416 e. The molecule has 176 valence electrons. The summed E-state index contributed by atoms with van der Waals surface area (Å²) in [6, 6.07) is 2.44. The van der Waals surface area contributed by atoms with Gasteiger partial charge in [-0.05, 0) is 24.6 Å². The van der Waals surface area contributed by atoms with Crippen LogP contribution < -0.4 is 9.64 Å². The van der Waals surface area contributed by atoms with Gasteiger partial charge in [0.2, 0.25) is 5.88 Å². The van der Waals surface area contributed by atoms with Crippen LogP contribution in [0.15, 0.2) is 54.0 Å². The lowest BCUT2D eigenvalue weighted by Crippen LogP contribution is -2.33. The molecule has 0 fully saturated rings. The summed E-state index contributed by atoms with van der Waals surface area (Å²) >= 11 is 0. The van der Waals surface area contributed by atoms with Gasteiger partial charge in [-0.1, -0.05) is 6.08 Å².